The number of carboxylic acid groups (broad SMARTS) is 1. The van der Waals surface area contributed by atoms with Crippen molar-refractivity contribution >= 4 is 35.5 Å². The van der Waals surface area contributed by atoms with E-state index in [0.29, 0.717) is 23.6 Å². The maximum absolute atomic E-state index is 13.1. The lowest BCUT2D eigenvalue weighted by atomic mass is 9.89. The molecule has 12 nitrogen and oxygen atoms in total. The fraction of sp³-hybridized carbons (Fsp3) is 0.258. The van der Waals surface area contributed by atoms with Gasteiger partial charge in [-0.1, -0.05) is 36.4 Å². The number of carbonyl (C=O) groups excluding carboxylic acids is 4. The molecule has 1 fully saturated rings. The largest absolute Gasteiger partial charge is 0.489 e. The average molecular weight is 586 g/mol. The number of hydrogen-bond donors (Lipinski definition) is 5. The number of ether oxygens (including phenoxy) is 1. The zero-order valence-corrected chi connectivity index (χ0v) is 23.4. The third kappa shape index (κ3) is 6.75. The zero-order valence-electron chi connectivity index (χ0n) is 23.4. The summed E-state index contributed by atoms with van der Waals surface area (Å²) in [5.74, 6) is -0.441. The zero-order chi connectivity index (χ0) is 30.6. The second kappa shape index (κ2) is 12.2. The number of amides is 6. The van der Waals surface area contributed by atoms with Crippen LogP contribution in [-0.4, -0.2) is 45.4 Å². The van der Waals surface area contributed by atoms with Gasteiger partial charge in [0.05, 0.1) is 0 Å². The van der Waals surface area contributed by atoms with Gasteiger partial charge in [0.15, 0.2) is 0 Å². The molecular weight excluding hydrogens is 554 g/mol. The minimum absolute atomic E-state index is 0.174. The van der Waals surface area contributed by atoms with Gasteiger partial charge in [0.2, 0.25) is 5.91 Å². The van der Waals surface area contributed by atoms with Crippen molar-refractivity contribution in [3.05, 3.63) is 94.5 Å². The lowest BCUT2D eigenvalue weighted by Crippen LogP contribution is -2.61. The van der Waals surface area contributed by atoms with Gasteiger partial charge in [0.1, 0.15) is 17.9 Å². The minimum atomic E-state index is -1.10. The van der Waals surface area contributed by atoms with Crippen LogP contribution in [0.4, 0.5) is 15.3 Å². The molecule has 0 unspecified atom stereocenters. The highest BCUT2D eigenvalue weighted by Gasteiger charge is 2.48. The first-order chi connectivity index (χ1) is 20.6. The van der Waals surface area contributed by atoms with Crippen molar-refractivity contribution in [3.8, 4) is 5.75 Å². The van der Waals surface area contributed by atoms with E-state index in [1.165, 1.54) is 4.90 Å². The molecule has 2 aliphatic rings. The van der Waals surface area contributed by atoms with Crippen molar-refractivity contribution in [2.24, 2.45) is 0 Å². The summed E-state index contributed by atoms with van der Waals surface area (Å²) in [4.78, 5) is 61.8. The topological polar surface area (TPSA) is 166 Å². The number of fused-ring (bicyclic) bond motifs is 1. The van der Waals surface area contributed by atoms with Crippen molar-refractivity contribution in [2.45, 2.75) is 51.5 Å². The second-order valence-electron chi connectivity index (χ2n) is 10.6. The Balaban J connectivity index is 1.09. The molecule has 2 heterocycles. The first-order valence-electron chi connectivity index (χ1n) is 13.7. The molecule has 3 aromatic carbocycles. The van der Waals surface area contributed by atoms with Gasteiger partial charge < -0.3 is 30.7 Å². The first kappa shape index (κ1) is 29.1. The highest BCUT2D eigenvalue weighted by Crippen LogP contribution is 2.34. The van der Waals surface area contributed by atoms with E-state index in [1.54, 1.807) is 43.3 Å². The van der Waals surface area contributed by atoms with E-state index in [1.807, 2.05) is 30.3 Å². The van der Waals surface area contributed by atoms with Gasteiger partial charge in [-0.05, 0) is 65.9 Å². The van der Waals surface area contributed by atoms with Crippen molar-refractivity contribution in [2.75, 3.05) is 5.32 Å². The molecule has 43 heavy (non-hydrogen) atoms. The molecule has 5 N–H and O–H groups in total. The number of benzene rings is 3. The van der Waals surface area contributed by atoms with Crippen LogP contribution in [0.3, 0.4) is 0 Å². The van der Waals surface area contributed by atoms with Gasteiger partial charge in [-0.25, -0.2) is 9.59 Å². The molecule has 0 bridgehead atoms. The number of piperidine rings is 1. The van der Waals surface area contributed by atoms with Crippen LogP contribution in [0.2, 0.25) is 0 Å². The highest BCUT2D eigenvalue weighted by molar-refractivity contribution is 6.07. The fourth-order valence-corrected chi connectivity index (χ4v) is 5.02. The van der Waals surface area contributed by atoms with Crippen molar-refractivity contribution in [1.82, 2.24) is 20.9 Å². The van der Waals surface area contributed by atoms with Gasteiger partial charge in [-0.2, -0.15) is 0 Å². The van der Waals surface area contributed by atoms with E-state index in [4.69, 9.17) is 9.84 Å². The van der Waals surface area contributed by atoms with Crippen molar-refractivity contribution in [3.63, 3.8) is 0 Å². The Morgan fingerprint density at radius 2 is 1.60 bits per heavy atom. The fourth-order valence-electron chi connectivity index (χ4n) is 5.02. The van der Waals surface area contributed by atoms with Crippen LogP contribution in [-0.2, 0) is 35.8 Å². The summed E-state index contributed by atoms with van der Waals surface area (Å²) in [5.41, 5.74) is 3.31. The van der Waals surface area contributed by atoms with Crippen LogP contribution in [0.5, 0.6) is 5.75 Å². The standard InChI is InChI=1S/C31H31N5O7/c1-31(13-12-26(37)35-28(31)39)36-17-22-14-21(6-11-25(22)27(36)38)16-32-29(40)34-23-7-9-24(10-8-23)43-18-20-4-2-19(3-5-20)15-33-30(41)42/h2-11,14,33H,12-13,15-18H2,1H3,(H,41,42)(H2,32,34,40)(H,35,37,39)/t31-/m0/s1. The number of carbonyl (C=O) groups is 5. The van der Waals surface area contributed by atoms with Crippen molar-refractivity contribution < 1.29 is 33.8 Å². The lowest BCUT2D eigenvalue weighted by Gasteiger charge is -2.39. The molecular formula is C31H31N5O7. The summed E-state index contributed by atoms with van der Waals surface area (Å²) < 4.78 is 5.80. The Morgan fingerprint density at radius 1 is 0.930 bits per heavy atom. The van der Waals surface area contributed by atoms with Crippen LogP contribution >= 0.6 is 0 Å². The van der Waals surface area contributed by atoms with E-state index in [-0.39, 0.29) is 44.3 Å². The van der Waals surface area contributed by atoms with Gasteiger partial charge in [-0.3, -0.25) is 19.7 Å². The predicted octanol–water partition coefficient (Wildman–Crippen LogP) is 3.51. The van der Waals surface area contributed by atoms with E-state index < -0.39 is 23.6 Å². The van der Waals surface area contributed by atoms with Crippen LogP contribution < -0.4 is 26.0 Å². The smallest absolute Gasteiger partial charge is 0.404 e. The normalized spacial score (nSPS) is 17.6. The molecule has 1 saturated heterocycles. The first-order valence-corrected chi connectivity index (χ1v) is 13.7. The Kier molecular flexibility index (Phi) is 8.28. The number of imide groups is 1. The molecule has 5 rings (SSSR count). The highest BCUT2D eigenvalue weighted by atomic mass is 16.5. The maximum atomic E-state index is 13.1. The van der Waals surface area contributed by atoms with Crippen LogP contribution in [0.1, 0.15) is 52.4 Å². The molecule has 0 saturated carbocycles. The van der Waals surface area contributed by atoms with Gasteiger partial charge in [-0.15, -0.1) is 0 Å². The number of rotatable bonds is 9. The van der Waals surface area contributed by atoms with Gasteiger partial charge >= 0.3 is 12.1 Å². The third-order valence-electron chi connectivity index (χ3n) is 7.59. The summed E-state index contributed by atoms with van der Waals surface area (Å²) in [5, 5.41) is 18.9. The lowest BCUT2D eigenvalue weighted by molar-refractivity contribution is -0.142. The van der Waals surface area contributed by atoms with Gasteiger partial charge in [0, 0.05) is 37.3 Å². The summed E-state index contributed by atoms with van der Waals surface area (Å²) in [6, 6.07) is 19.2. The summed E-state index contributed by atoms with van der Waals surface area (Å²) in [7, 11) is 0. The number of nitrogens with zero attached hydrogens (tertiary/aromatic N) is 1. The molecule has 12 heteroatoms. The number of anilines is 1. The van der Waals surface area contributed by atoms with Crippen LogP contribution in [0, 0.1) is 0 Å². The quantitative estimate of drug-likeness (QED) is 0.240. The predicted molar refractivity (Wildman–Crippen MR) is 155 cm³/mol. The van der Waals surface area contributed by atoms with E-state index in [0.717, 1.165) is 22.3 Å². The van der Waals surface area contributed by atoms with E-state index >= 15 is 0 Å². The molecule has 0 spiro atoms. The molecule has 0 aromatic heterocycles. The molecule has 6 amide bonds. The summed E-state index contributed by atoms with van der Waals surface area (Å²) >= 11 is 0. The SMILES string of the molecule is C[C@]1(N2Cc3cc(CNC(=O)Nc4ccc(OCc5ccc(CNC(=O)O)cc5)cc4)ccc3C2=O)CCC(=O)NC1=O. The molecule has 0 aliphatic carbocycles. The summed E-state index contributed by atoms with van der Waals surface area (Å²) in [6.45, 7) is 2.71. The number of nitrogens with one attached hydrogen (secondary N) is 4. The third-order valence-corrected chi connectivity index (χ3v) is 7.59. The Morgan fingerprint density at radius 3 is 2.30 bits per heavy atom. The molecule has 222 valence electrons. The monoisotopic (exact) mass is 585 g/mol. The van der Waals surface area contributed by atoms with Crippen molar-refractivity contribution in [1.29, 1.82) is 0 Å². The van der Waals surface area contributed by atoms with E-state index in [9.17, 15) is 24.0 Å². The number of hydrogen-bond acceptors (Lipinski definition) is 6. The van der Waals surface area contributed by atoms with E-state index in [2.05, 4.69) is 21.3 Å². The molecule has 0 radical (unpaired) electrons. The number of urea groups is 1. The van der Waals surface area contributed by atoms with Crippen LogP contribution in [0.25, 0.3) is 0 Å². The second-order valence-corrected chi connectivity index (χ2v) is 10.6. The van der Waals surface area contributed by atoms with Gasteiger partial charge in [0.25, 0.3) is 11.8 Å². The minimum Gasteiger partial charge on any atom is -0.489 e. The Bertz CT molecular complexity index is 1570. The maximum Gasteiger partial charge on any atom is 0.404 e. The molecule has 1 atom stereocenters. The van der Waals surface area contributed by atoms with Crippen LogP contribution in [0.15, 0.2) is 66.7 Å². The summed E-state index contributed by atoms with van der Waals surface area (Å²) in [6.07, 6.45) is -0.632. The molecule has 2 aliphatic heterocycles. The Labute approximate surface area is 247 Å². The molecule has 3 aromatic rings. The average Bonchev–Trinajstić information content (AvgIpc) is 3.33. The Hall–Kier alpha value is -5.39.